The van der Waals surface area contributed by atoms with Gasteiger partial charge in [-0.05, 0) is 42.0 Å². The number of likely N-dealkylation sites (tertiary alicyclic amines) is 1. The Morgan fingerprint density at radius 2 is 2.00 bits per heavy atom. The van der Waals surface area contributed by atoms with Gasteiger partial charge < -0.3 is 10.2 Å². The maximum Gasteiger partial charge on any atom is 0.247 e. The van der Waals surface area contributed by atoms with Crippen molar-refractivity contribution in [3.05, 3.63) is 52.2 Å². The molecule has 1 unspecified atom stereocenters. The highest BCUT2D eigenvalue weighted by atomic mass is 32.2. The second kappa shape index (κ2) is 8.71. The second-order valence-electron chi connectivity index (χ2n) is 6.69. The maximum absolute atomic E-state index is 12.9. The molecule has 4 nitrogen and oxygen atoms in total. The van der Waals surface area contributed by atoms with Crippen molar-refractivity contribution in [2.75, 3.05) is 23.4 Å². The Bertz CT molecular complexity index is 803. The summed E-state index contributed by atoms with van der Waals surface area (Å²) in [5, 5.41) is 5.02. The molecule has 1 atom stereocenters. The van der Waals surface area contributed by atoms with Gasteiger partial charge in [0.1, 0.15) is 6.04 Å². The lowest BCUT2D eigenvalue weighted by Gasteiger charge is -2.24. The van der Waals surface area contributed by atoms with Crippen LogP contribution in [-0.2, 0) is 16.0 Å². The van der Waals surface area contributed by atoms with Gasteiger partial charge in [0.15, 0.2) is 0 Å². The molecule has 0 radical (unpaired) electrons. The van der Waals surface area contributed by atoms with E-state index in [9.17, 15) is 9.59 Å². The molecule has 2 aromatic rings. The van der Waals surface area contributed by atoms with E-state index in [0.717, 1.165) is 23.4 Å². The first-order valence-electron chi connectivity index (χ1n) is 9.16. The molecule has 2 saturated heterocycles. The summed E-state index contributed by atoms with van der Waals surface area (Å²) in [6, 6.07) is 11.7. The summed E-state index contributed by atoms with van der Waals surface area (Å²) in [7, 11) is 0. The van der Waals surface area contributed by atoms with Crippen LogP contribution < -0.4 is 5.32 Å². The van der Waals surface area contributed by atoms with Crippen LogP contribution in [0.15, 0.2) is 41.8 Å². The third-order valence-corrected chi connectivity index (χ3v) is 8.81. The second-order valence-corrected chi connectivity index (χ2v) is 10.4. The van der Waals surface area contributed by atoms with Crippen LogP contribution in [-0.4, -0.2) is 40.8 Å². The minimum absolute atomic E-state index is 0.0441. The van der Waals surface area contributed by atoms with E-state index in [2.05, 4.69) is 17.4 Å². The fraction of sp³-hybridized carbons (Fsp3) is 0.400. The molecule has 27 heavy (non-hydrogen) atoms. The van der Waals surface area contributed by atoms with Crippen LogP contribution in [0.4, 0.5) is 5.69 Å². The molecule has 3 heterocycles. The molecule has 142 valence electrons. The van der Waals surface area contributed by atoms with E-state index in [1.165, 1.54) is 17.1 Å². The number of thiophene rings is 1. The van der Waals surface area contributed by atoms with E-state index in [1.807, 2.05) is 53.2 Å². The number of nitrogens with one attached hydrogen (secondary N) is 1. The highest BCUT2D eigenvalue weighted by Crippen LogP contribution is 2.45. The lowest BCUT2D eigenvalue weighted by atomic mass is 10.1. The van der Waals surface area contributed by atoms with E-state index in [-0.39, 0.29) is 17.9 Å². The Balaban J connectivity index is 1.41. The molecule has 2 fully saturated rings. The zero-order valence-electron chi connectivity index (χ0n) is 14.9. The van der Waals surface area contributed by atoms with Gasteiger partial charge in [0, 0.05) is 28.6 Å². The number of hydrogen-bond donors (Lipinski definition) is 1. The fourth-order valence-electron chi connectivity index (χ4n) is 3.54. The predicted molar refractivity (Wildman–Crippen MR) is 115 cm³/mol. The average molecular weight is 419 g/mol. The number of amides is 2. The number of rotatable bonds is 5. The topological polar surface area (TPSA) is 49.4 Å². The number of carbonyl (C=O) groups is 2. The number of nitrogens with zero attached hydrogens (tertiary/aromatic N) is 1. The SMILES string of the molecule is O=C(Nc1cccc(C2SCCS2)c1)C1CCCN1C(=O)Cc1cccs1. The smallest absolute Gasteiger partial charge is 0.247 e. The fourth-order valence-corrected chi connectivity index (χ4v) is 7.08. The number of carbonyl (C=O) groups excluding carboxylic acids is 2. The van der Waals surface area contributed by atoms with Crippen molar-refractivity contribution in [2.45, 2.75) is 29.9 Å². The van der Waals surface area contributed by atoms with E-state index in [1.54, 1.807) is 16.2 Å². The van der Waals surface area contributed by atoms with Crippen LogP contribution >= 0.6 is 34.9 Å². The number of anilines is 1. The van der Waals surface area contributed by atoms with Crippen molar-refractivity contribution in [3.63, 3.8) is 0 Å². The first kappa shape index (κ1) is 18.9. The molecule has 2 aliphatic heterocycles. The molecule has 1 aromatic heterocycles. The molecule has 0 aliphatic carbocycles. The van der Waals surface area contributed by atoms with Gasteiger partial charge in [-0.1, -0.05) is 18.2 Å². The molecule has 4 rings (SSSR count). The van der Waals surface area contributed by atoms with Gasteiger partial charge in [0.2, 0.25) is 11.8 Å². The summed E-state index contributed by atoms with van der Waals surface area (Å²) in [5.41, 5.74) is 2.07. The van der Waals surface area contributed by atoms with Crippen molar-refractivity contribution in [3.8, 4) is 0 Å². The Hall–Kier alpha value is -1.44. The Morgan fingerprint density at radius 1 is 1.15 bits per heavy atom. The molecule has 0 saturated carbocycles. The Morgan fingerprint density at radius 3 is 2.78 bits per heavy atom. The van der Waals surface area contributed by atoms with E-state index in [4.69, 9.17) is 0 Å². The number of benzene rings is 1. The monoisotopic (exact) mass is 418 g/mol. The summed E-state index contributed by atoms with van der Waals surface area (Å²) < 4.78 is 0.456. The van der Waals surface area contributed by atoms with Gasteiger partial charge in [-0.15, -0.1) is 34.9 Å². The van der Waals surface area contributed by atoms with Gasteiger partial charge >= 0.3 is 0 Å². The van der Waals surface area contributed by atoms with Crippen LogP contribution in [0.3, 0.4) is 0 Å². The quantitative estimate of drug-likeness (QED) is 0.782. The molecule has 2 aliphatic rings. The van der Waals surface area contributed by atoms with Crippen LogP contribution in [0.25, 0.3) is 0 Å². The van der Waals surface area contributed by atoms with Crippen molar-refractivity contribution in [1.82, 2.24) is 4.90 Å². The standard InChI is InChI=1S/C20H22N2O2S3/c23-18(13-16-6-3-9-25-16)22-8-2-7-17(22)19(24)21-15-5-1-4-14(12-15)20-26-10-11-27-20/h1,3-6,9,12,17,20H,2,7-8,10-11,13H2,(H,21,24). The number of thioether (sulfide) groups is 2. The molecule has 0 bridgehead atoms. The minimum Gasteiger partial charge on any atom is -0.330 e. The third-order valence-electron chi connectivity index (χ3n) is 4.83. The average Bonchev–Trinajstić information content (AvgIpc) is 3.43. The van der Waals surface area contributed by atoms with Gasteiger partial charge in [-0.3, -0.25) is 9.59 Å². The number of hydrogen-bond acceptors (Lipinski definition) is 5. The lowest BCUT2D eigenvalue weighted by Crippen LogP contribution is -2.43. The highest BCUT2D eigenvalue weighted by molar-refractivity contribution is 8.19. The van der Waals surface area contributed by atoms with Crippen molar-refractivity contribution >= 4 is 52.4 Å². The van der Waals surface area contributed by atoms with Crippen LogP contribution in [0.2, 0.25) is 0 Å². The molecular weight excluding hydrogens is 396 g/mol. The summed E-state index contributed by atoms with van der Waals surface area (Å²) in [6.07, 6.45) is 1.99. The first-order chi connectivity index (χ1) is 13.2. The molecule has 2 amide bonds. The minimum atomic E-state index is -0.364. The first-order valence-corrected chi connectivity index (χ1v) is 12.1. The van der Waals surface area contributed by atoms with Gasteiger partial charge in [0.25, 0.3) is 0 Å². The lowest BCUT2D eigenvalue weighted by molar-refractivity contribution is -0.136. The Kier molecular flexibility index (Phi) is 6.10. The molecule has 1 N–H and O–H groups in total. The van der Waals surface area contributed by atoms with E-state index in [0.29, 0.717) is 17.5 Å². The van der Waals surface area contributed by atoms with Gasteiger partial charge in [-0.2, -0.15) is 0 Å². The summed E-state index contributed by atoms with van der Waals surface area (Å²) in [5.74, 6) is 2.32. The Labute approximate surface area is 172 Å². The largest absolute Gasteiger partial charge is 0.330 e. The van der Waals surface area contributed by atoms with Crippen molar-refractivity contribution in [1.29, 1.82) is 0 Å². The van der Waals surface area contributed by atoms with Crippen LogP contribution in [0.5, 0.6) is 0 Å². The molecule has 0 spiro atoms. The predicted octanol–water partition coefficient (Wildman–Crippen LogP) is 4.40. The maximum atomic E-state index is 12.9. The molecule has 7 heteroatoms. The van der Waals surface area contributed by atoms with Crippen LogP contribution in [0.1, 0.15) is 27.9 Å². The van der Waals surface area contributed by atoms with E-state index < -0.39 is 0 Å². The molecular formula is C20H22N2O2S3. The van der Waals surface area contributed by atoms with Crippen LogP contribution in [0, 0.1) is 0 Å². The van der Waals surface area contributed by atoms with Gasteiger partial charge in [0.05, 0.1) is 11.0 Å². The van der Waals surface area contributed by atoms with Crippen molar-refractivity contribution in [2.24, 2.45) is 0 Å². The van der Waals surface area contributed by atoms with Crippen molar-refractivity contribution < 1.29 is 9.59 Å². The normalized spacial score (nSPS) is 20.1. The third kappa shape index (κ3) is 4.52. The zero-order chi connectivity index (χ0) is 18.6. The summed E-state index contributed by atoms with van der Waals surface area (Å²) in [4.78, 5) is 28.3. The summed E-state index contributed by atoms with van der Waals surface area (Å²) in [6.45, 7) is 0.664. The highest BCUT2D eigenvalue weighted by Gasteiger charge is 2.34. The molecule has 1 aromatic carbocycles. The van der Waals surface area contributed by atoms with E-state index >= 15 is 0 Å². The summed E-state index contributed by atoms with van der Waals surface area (Å²) >= 11 is 5.49. The zero-order valence-corrected chi connectivity index (χ0v) is 17.4. The van der Waals surface area contributed by atoms with Gasteiger partial charge in [-0.25, -0.2) is 0 Å².